The molecule has 0 spiro atoms. The summed E-state index contributed by atoms with van der Waals surface area (Å²) in [5.41, 5.74) is 0. The van der Waals surface area contributed by atoms with Gasteiger partial charge in [-0.15, -0.1) is 0 Å². The third-order valence-electron chi connectivity index (χ3n) is 2.68. The molecule has 1 saturated heterocycles. The smallest absolute Gasteiger partial charge is 0.211 e. The van der Waals surface area contributed by atoms with E-state index in [1.165, 1.54) is 6.26 Å². The van der Waals surface area contributed by atoms with Crippen molar-refractivity contribution >= 4 is 10.0 Å². The Labute approximate surface area is 74.8 Å². The normalized spacial score (nSPS) is 32.6. The van der Waals surface area contributed by atoms with Crippen LogP contribution in [0.3, 0.4) is 0 Å². The second-order valence-corrected chi connectivity index (χ2v) is 5.55. The van der Waals surface area contributed by atoms with Crippen LogP contribution in [0, 0.1) is 5.92 Å². The summed E-state index contributed by atoms with van der Waals surface area (Å²) in [5.74, 6) is 0.518. The predicted octanol–water partition coefficient (Wildman–Crippen LogP) is 1.07. The summed E-state index contributed by atoms with van der Waals surface area (Å²) in [6.07, 6.45) is 3.23. The third-order valence-corrected chi connectivity index (χ3v) is 3.98. The summed E-state index contributed by atoms with van der Waals surface area (Å²) >= 11 is 0. The Hall–Kier alpha value is -0.0900. The molecule has 1 aliphatic heterocycles. The van der Waals surface area contributed by atoms with E-state index in [4.69, 9.17) is 0 Å². The van der Waals surface area contributed by atoms with Crippen molar-refractivity contribution in [1.29, 1.82) is 0 Å². The molecular formula is C8H17NO2S. The number of hydrogen-bond donors (Lipinski definition) is 0. The number of sulfonamides is 1. The lowest BCUT2D eigenvalue weighted by atomic mass is 10.0. The van der Waals surface area contributed by atoms with Crippen LogP contribution < -0.4 is 0 Å². The molecule has 4 heteroatoms. The summed E-state index contributed by atoms with van der Waals surface area (Å²) in [4.78, 5) is 0. The van der Waals surface area contributed by atoms with E-state index in [2.05, 4.69) is 6.92 Å². The van der Waals surface area contributed by atoms with Gasteiger partial charge in [0, 0.05) is 12.6 Å². The summed E-state index contributed by atoms with van der Waals surface area (Å²) < 4.78 is 24.2. The molecule has 2 unspecified atom stereocenters. The van der Waals surface area contributed by atoms with Crippen LogP contribution in [0.1, 0.15) is 26.7 Å². The Kier molecular flexibility index (Phi) is 2.78. The van der Waals surface area contributed by atoms with E-state index in [9.17, 15) is 8.42 Å². The van der Waals surface area contributed by atoms with Gasteiger partial charge in [0.05, 0.1) is 6.26 Å². The summed E-state index contributed by atoms with van der Waals surface area (Å²) in [5, 5.41) is 0. The summed E-state index contributed by atoms with van der Waals surface area (Å²) in [6.45, 7) is 4.88. The van der Waals surface area contributed by atoms with E-state index in [-0.39, 0.29) is 6.04 Å². The average molecular weight is 191 g/mol. The zero-order chi connectivity index (χ0) is 9.35. The fraction of sp³-hybridized carbons (Fsp3) is 1.00. The van der Waals surface area contributed by atoms with E-state index in [0.29, 0.717) is 12.5 Å². The monoisotopic (exact) mass is 191 g/mol. The molecule has 0 aromatic rings. The lowest BCUT2D eigenvalue weighted by molar-refractivity contribution is 0.341. The first-order chi connectivity index (χ1) is 5.46. The molecule has 72 valence electrons. The molecule has 0 saturated carbocycles. The fourth-order valence-corrected chi connectivity index (χ4v) is 3.28. The standard InChI is InChI=1S/C8H17NO2S/c1-4-8-7(2)5-6-9(8)12(3,10)11/h7-8H,4-6H2,1-3H3. The molecule has 2 atom stereocenters. The number of hydrogen-bond acceptors (Lipinski definition) is 2. The highest BCUT2D eigenvalue weighted by molar-refractivity contribution is 7.88. The number of nitrogens with zero attached hydrogens (tertiary/aromatic N) is 1. The Morgan fingerprint density at radius 1 is 1.50 bits per heavy atom. The van der Waals surface area contributed by atoms with Crippen molar-refractivity contribution in [2.45, 2.75) is 32.7 Å². The molecule has 0 aromatic heterocycles. The minimum atomic E-state index is -2.96. The molecule has 0 aliphatic carbocycles. The van der Waals surface area contributed by atoms with Crippen LogP contribution in [0.15, 0.2) is 0 Å². The quantitative estimate of drug-likeness (QED) is 0.654. The molecule has 0 N–H and O–H groups in total. The maximum Gasteiger partial charge on any atom is 0.211 e. The van der Waals surface area contributed by atoms with Crippen molar-refractivity contribution in [2.24, 2.45) is 5.92 Å². The first kappa shape index (κ1) is 9.99. The molecule has 3 nitrogen and oxygen atoms in total. The van der Waals surface area contributed by atoms with Crippen LogP contribution in [-0.4, -0.2) is 31.6 Å². The lowest BCUT2D eigenvalue weighted by Crippen LogP contribution is -2.36. The second-order valence-electron chi connectivity index (χ2n) is 3.62. The van der Waals surface area contributed by atoms with Gasteiger partial charge in [-0.05, 0) is 18.8 Å². The Balaban J connectivity index is 2.81. The van der Waals surface area contributed by atoms with Gasteiger partial charge in [-0.3, -0.25) is 0 Å². The zero-order valence-corrected chi connectivity index (χ0v) is 8.76. The van der Waals surface area contributed by atoms with Crippen LogP contribution in [0.25, 0.3) is 0 Å². The van der Waals surface area contributed by atoms with Crippen LogP contribution in [0.2, 0.25) is 0 Å². The highest BCUT2D eigenvalue weighted by atomic mass is 32.2. The fourth-order valence-electron chi connectivity index (χ4n) is 1.99. The molecular weight excluding hydrogens is 174 g/mol. The van der Waals surface area contributed by atoms with Gasteiger partial charge in [0.25, 0.3) is 0 Å². The molecule has 1 aliphatic rings. The van der Waals surface area contributed by atoms with E-state index in [1.807, 2.05) is 6.92 Å². The van der Waals surface area contributed by atoms with Gasteiger partial charge in [-0.25, -0.2) is 8.42 Å². The maximum absolute atomic E-state index is 11.3. The second kappa shape index (κ2) is 3.34. The molecule has 1 fully saturated rings. The molecule has 0 bridgehead atoms. The van der Waals surface area contributed by atoms with Gasteiger partial charge in [0.1, 0.15) is 0 Å². The Morgan fingerprint density at radius 2 is 2.08 bits per heavy atom. The molecule has 0 amide bonds. The lowest BCUT2D eigenvalue weighted by Gasteiger charge is -2.23. The van der Waals surface area contributed by atoms with E-state index >= 15 is 0 Å². The average Bonchev–Trinajstić information content (AvgIpc) is 2.29. The molecule has 12 heavy (non-hydrogen) atoms. The van der Waals surface area contributed by atoms with Crippen molar-refractivity contribution in [1.82, 2.24) is 4.31 Å². The van der Waals surface area contributed by atoms with E-state index in [0.717, 1.165) is 12.8 Å². The van der Waals surface area contributed by atoms with E-state index in [1.54, 1.807) is 4.31 Å². The van der Waals surface area contributed by atoms with Crippen molar-refractivity contribution < 1.29 is 8.42 Å². The minimum Gasteiger partial charge on any atom is -0.212 e. The summed E-state index contributed by atoms with van der Waals surface area (Å²) in [7, 11) is -2.96. The highest BCUT2D eigenvalue weighted by Crippen LogP contribution is 2.27. The van der Waals surface area contributed by atoms with Crippen LogP contribution >= 0.6 is 0 Å². The van der Waals surface area contributed by atoms with Crippen LogP contribution in [-0.2, 0) is 10.0 Å². The van der Waals surface area contributed by atoms with Gasteiger partial charge in [0.15, 0.2) is 0 Å². The molecule has 0 radical (unpaired) electrons. The first-order valence-corrected chi connectivity index (χ1v) is 6.28. The van der Waals surface area contributed by atoms with Crippen LogP contribution in [0.4, 0.5) is 0 Å². The Morgan fingerprint density at radius 3 is 2.42 bits per heavy atom. The maximum atomic E-state index is 11.3. The topological polar surface area (TPSA) is 37.4 Å². The first-order valence-electron chi connectivity index (χ1n) is 4.43. The Bertz CT molecular complexity index is 248. The third kappa shape index (κ3) is 1.80. The van der Waals surface area contributed by atoms with Gasteiger partial charge in [-0.2, -0.15) is 4.31 Å². The summed E-state index contributed by atoms with van der Waals surface area (Å²) in [6, 6.07) is 0.236. The van der Waals surface area contributed by atoms with Gasteiger partial charge < -0.3 is 0 Å². The molecule has 1 heterocycles. The predicted molar refractivity (Wildman–Crippen MR) is 49.4 cm³/mol. The van der Waals surface area contributed by atoms with Crippen molar-refractivity contribution in [3.63, 3.8) is 0 Å². The van der Waals surface area contributed by atoms with Crippen molar-refractivity contribution in [3.05, 3.63) is 0 Å². The minimum absolute atomic E-state index is 0.236. The van der Waals surface area contributed by atoms with Crippen molar-refractivity contribution in [2.75, 3.05) is 12.8 Å². The van der Waals surface area contributed by atoms with Crippen molar-refractivity contribution in [3.8, 4) is 0 Å². The zero-order valence-electron chi connectivity index (χ0n) is 7.95. The van der Waals surface area contributed by atoms with Gasteiger partial charge in [-0.1, -0.05) is 13.8 Å². The van der Waals surface area contributed by atoms with Gasteiger partial charge >= 0.3 is 0 Å². The number of rotatable bonds is 2. The molecule has 1 rings (SSSR count). The largest absolute Gasteiger partial charge is 0.212 e. The highest BCUT2D eigenvalue weighted by Gasteiger charge is 2.34. The van der Waals surface area contributed by atoms with Gasteiger partial charge in [0.2, 0.25) is 10.0 Å². The van der Waals surface area contributed by atoms with E-state index < -0.39 is 10.0 Å². The SMILES string of the molecule is CCC1C(C)CCN1S(C)(=O)=O. The van der Waals surface area contributed by atoms with Crippen LogP contribution in [0.5, 0.6) is 0 Å². The molecule has 0 aromatic carbocycles.